The van der Waals surface area contributed by atoms with Gasteiger partial charge in [-0.1, -0.05) is 0 Å². The maximum Gasteiger partial charge on any atom is 0.422 e. The standard InChI is InChI=1S/C8H11F3N2O3/c9-8(10,11)4-16-7(13)2-1-5(12)6(15)3-14/h1-2,14H,3-4,12-13H2/b5-1-,7-2+. The maximum atomic E-state index is 11.7. The smallest absolute Gasteiger partial charge is 0.422 e. The predicted molar refractivity (Wildman–Crippen MR) is 48.6 cm³/mol. The van der Waals surface area contributed by atoms with E-state index in [1.54, 1.807) is 0 Å². The Morgan fingerprint density at radius 2 is 1.88 bits per heavy atom. The van der Waals surface area contributed by atoms with Crippen molar-refractivity contribution < 1.29 is 27.8 Å². The van der Waals surface area contributed by atoms with Crippen LogP contribution in [0.1, 0.15) is 0 Å². The van der Waals surface area contributed by atoms with Crippen molar-refractivity contribution in [1.29, 1.82) is 0 Å². The van der Waals surface area contributed by atoms with Gasteiger partial charge in [0, 0.05) is 0 Å². The Kier molecular flexibility index (Phi) is 5.37. The third kappa shape index (κ3) is 6.71. The second-order valence-electron chi connectivity index (χ2n) is 2.68. The summed E-state index contributed by atoms with van der Waals surface area (Å²) in [5.41, 5.74) is 9.83. The van der Waals surface area contributed by atoms with Crippen LogP contribution in [-0.2, 0) is 9.53 Å². The number of rotatable bonds is 5. The third-order valence-electron chi connectivity index (χ3n) is 1.30. The number of aliphatic hydroxyl groups is 1. The first kappa shape index (κ1) is 14.3. The van der Waals surface area contributed by atoms with E-state index < -0.39 is 31.1 Å². The van der Waals surface area contributed by atoms with Crippen molar-refractivity contribution in [2.45, 2.75) is 6.18 Å². The molecular formula is C8H11F3N2O3. The molecule has 0 amide bonds. The fourth-order valence-electron chi connectivity index (χ4n) is 0.569. The molecule has 0 saturated carbocycles. The Morgan fingerprint density at radius 1 is 1.31 bits per heavy atom. The molecule has 0 unspecified atom stereocenters. The van der Waals surface area contributed by atoms with Crippen molar-refractivity contribution in [1.82, 2.24) is 0 Å². The molecule has 0 aromatic rings. The molecule has 0 saturated heterocycles. The van der Waals surface area contributed by atoms with E-state index in [0.717, 1.165) is 12.2 Å². The van der Waals surface area contributed by atoms with Gasteiger partial charge < -0.3 is 21.3 Å². The van der Waals surface area contributed by atoms with Gasteiger partial charge in [0.25, 0.3) is 0 Å². The molecule has 0 bridgehead atoms. The summed E-state index contributed by atoms with van der Waals surface area (Å²) in [4.78, 5) is 10.7. The van der Waals surface area contributed by atoms with Crippen LogP contribution in [0.5, 0.6) is 0 Å². The highest BCUT2D eigenvalue weighted by atomic mass is 19.4. The molecule has 0 heterocycles. The van der Waals surface area contributed by atoms with Crippen LogP contribution in [0.15, 0.2) is 23.7 Å². The zero-order valence-corrected chi connectivity index (χ0v) is 8.12. The van der Waals surface area contributed by atoms with E-state index in [1.165, 1.54) is 0 Å². The quantitative estimate of drug-likeness (QED) is 0.350. The summed E-state index contributed by atoms with van der Waals surface area (Å²) in [5, 5.41) is 8.38. The van der Waals surface area contributed by atoms with Crippen LogP contribution in [0.3, 0.4) is 0 Å². The molecule has 0 aliphatic rings. The lowest BCUT2D eigenvalue weighted by Gasteiger charge is -2.08. The Labute approximate surface area is 89.2 Å². The van der Waals surface area contributed by atoms with Crippen molar-refractivity contribution in [2.75, 3.05) is 13.2 Å². The van der Waals surface area contributed by atoms with Crippen LogP contribution >= 0.6 is 0 Å². The van der Waals surface area contributed by atoms with Crippen LogP contribution in [-0.4, -0.2) is 30.3 Å². The number of carbonyl (C=O) groups excluding carboxylic acids is 1. The van der Waals surface area contributed by atoms with Crippen LogP contribution < -0.4 is 11.5 Å². The molecule has 5 N–H and O–H groups in total. The minimum absolute atomic E-state index is 0.332. The van der Waals surface area contributed by atoms with Crippen LogP contribution in [0.2, 0.25) is 0 Å². The highest BCUT2D eigenvalue weighted by molar-refractivity contribution is 5.95. The molecule has 8 heteroatoms. The van der Waals surface area contributed by atoms with Gasteiger partial charge in [-0.2, -0.15) is 13.2 Å². The molecule has 0 radical (unpaired) electrons. The summed E-state index contributed by atoms with van der Waals surface area (Å²) < 4.78 is 39.1. The topological polar surface area (TPSA) is 98.6 Å². The van der Waals surface area contributed by atoms with Gasteiger partial charge in [-0.3, -0.25) is 4.79 Å². The van der Waals surface area contributed by atoms with E-state index in [2.05, 4.69) is 4.74 Å². The molecule has 0 aromatic carbocycles. The maximum absolute atomic E-state index is 11.7. The Bertz CT molecular complexity index is 310. The minimum atomic E-state index is -4.49. The molecule has 0 fully saturated rings. The van der Waals surface area contributed by atoms with Crippen molar-refractivity contribution in [3.8, 4) is 0 Å². The Hall–Kier alpha value is -1.70. The molecular weight excluding hydrogens is 229 g/mol. The SMILES string of the molecule is N/C(=C\C=C(/N)OCC(F)(F)F)C(=O)CO. The first-order chi connectivity index (χ1) is 7.26. The molecule has 0 atom stereocenters. The fraction of sp³-hybridized carbons (Fsp3) is 0.375. The monoisotopic (exact) mass is 240 g/mol. The van der Waals surface area contributed by atoms with Gasteiger partial charge in [-0.15, -0.1) is 0 Å². The molecule has 0 rings (SSSR count). The lowest BCUT2D eigenvalue weighted by molar-refractivity contribution is -0.165. The summed E-state index contributed by atoms with van der Waals surface area (Å²) in [6, 6.07) is 0. The van der Waals surface area contributed by atoms with Gasteiger partial charge in [-0.05, 0) is 12.2 Å². The van der Waals surface area contributed by atoms with Gasteiger partial charge in [0.15, 0.2) is 12.5 Å². The van der Waals surface area contributed by atoms with E-state index in [1.807, 2.05) is 0 Å². The van der Waals surface area contributed by atoms with Crippen LogP contribution in [0.25, 0.3) is 0 Å². The number of alkyl halides is 3. The van der Waals surface area contributed by atoms with Gasteiger partial charge in [0.1, 0.15) is 6.61 Å². The molecule has 16 heavy (non-hydrogen) atoms. The van der Waals surface area contributed by atoms with Crippen molar-refractivity contribution in [3.05, 3.63) is 23.7 Å². The number of ether oxygens (including phenoxy) is 1. The van der Waals surface area contributed by atoms with Crippen molar-refractivity contribution in [2.24, 2.45) is 11.5 Å². The summed E-state index contributed by atoms with van der Waals surface area (Å²) in [6.45, 7) is -2.32. The fourth-order valence-corrected chi connectivity index (χ4v) is 0.569. The first-order valence-corrected chi connectivity index (χ1v) is 4.03. The van der Waals surface area contributed by atoms with E-state index in [9.17, 15) is 18.0 Å². The van der Waals surface area contributed by atoms with Gasteiger partial charge >= 0.3 is 6.18 Å². The van der Waals surface area contributed by atoms with Gasteiger partial charge in [0.2, 0.25) is 5.78 Å². The number of hydrogen-bond donors (Lipinski definition) is 3. The molecule has 0 spiro atoms. The van der Waals surface area contributed by atoms with E-state index in [0.29, 0.717) is 0 Å². The number of aliphatic hydroxyl groups excluding tert-OH is 1. The Balaban J connectivity index is 4.29. The summed E-state index contributed by atoms with van der Waals surface area (Å²) in [5.74, 6) is -1.30. The van der Waals surface area contributed by atoms with Crippen LogP contribution in [0.4, 0.5) is 13.2 Å². The predicted octanol–water partition coefficient (Wildman–Crippen LogP) is -0.231. The average molecular weight is 240 g/mol. The molecule has 0 aliphatic carbocycles. The Morgan fingerprint density at radius 3 is 2.31 bits per heavy atom. The molecule has 0 aliphatic heterocycles. The molecule has 0 aromatic heterocycles. The highest BCUT2D eigenvalue weighted by Crippen LogP contribution is 2.15. The van der Waals surface area contributed by atoms with Gasteiger partial charge in [-0.25, -0.2) is 0 Å². The summed E-state index contributed by atoms with van der Waals surface area (Å²) in [6.07, 6.45) is -2.65. The number of Topliss-reactive ketones (excluding diaryl/α,β-unsaturated/α-hetero) is 1. The third-order valence-corrected chi connectivity index (χ3v) is 1.30. The summed E-state index contributed by atoms with van der Waals surface area (Å²) in [7, 11) is 0. The number of allylic oxidation sites excluding steroid dienone is 2. The number of ketones is 1. The highest BCUT2D eigenvalue weighted by Gasteiger charge is 2.28. The van der Waals surface area contributed by atoms with E-state index >= 15 is 0 Å². The number of carbonyl (C=O) groups is 1. The van der Waals surface area contributed by atoms with Gasteiger partial charge in [0.05, 0.1) is 5.70 Å². The second kappa shape index (κ2) is 6.01. The summed E-state index contributed by atoms with van der Waals surface area (Å²) >= 11 is 0. The second-order valence-corrected chi connectivity index (χ2v) is 2.68. The molecule has 5 nitrogen and oxygen atoms in total. The molecule has 92 valence electrons. The minimum Gasteiger partial charge on any atom is -0.470 e. The lowest BCUT2D eigenvalue weighted by atomic mass is 10.3. The zero-order valence-electron chi connectivity index (χ0n) is 8.12. The normalized spacial score (nSPS) is 13.8. The average Bonchev–Trinajstić information content (AvgIpc) is 2.20. The van der Waals surface area contributed by atoms with E-state index in [4.69, 9.17) is 16.6 Å². The van der Waals surface area contributed by atoms with Crippen LogP contribution in [0, 0.1) is 0 Å². The van der Waals surface area contributed by atoms with Crippen molar-refractivity contribution in [3.63, 3.8) is 0 Å². The van der Waals surface area contributed by atoms with E-state index in [-0.39, 0.29) is 5.70 Å². The zero-order chi connectivity index (χ0) is 12.8. The lowest BCUT2D eigenvalue weighted by Crippen LogP contribution is -2.19. The number of hydrogen-bond acceptors (Lipinski definition) is 5. The first-order valence-electron chi connectivity index (χ1n) is 4.03. The number of halogens is 3. The van der Waals surface area contributed by atoms with Crippen molar-refractivity contribution >= 4 is 5.78 Å². The largest absolute Gasteiger partial charge is 0.470 e. The number of nitrogens with two attached hydrogens (primary N) is 2.